The third-order valence-electron chi connectivity index (χ3n) is 13.1. The molecule has 1 amide bonds. The summed E-state index contributed by atoms with van der Waals surface area (Å²) in [6.45, 7) is 4.19. The van der Waals surface area contributed by atoms with Gasteiger partial charge >= 0.3 is 0 Å². The second kappa shape index (κ2) is 54.7. The molecule has 65 heavy (non-hydrogen) atoms. The summed E-state index contributed by atoms with van der Waals surface area (Å²) in [6, 6.07) is -0.825. The highest BCUT2D eigenvalue weighted by Gasteiger charge is 2.22. The highest BCUT2D eigenvalue weighted by molar-refractivity contribution is 5.80. The summed E-state index contributed by atoms with van der Waals surface area (Å²) in [5.41, 5.74) is 0. The number of nitrogens with one attached hydrogen (secondary N) is 1. The Morgan fingerprint density at radius 3 is 1.03 bits per heavy atom. The Morgan fingerprint density at radius 2 is 0.677 bits per heavy atom. The van der Waals surface area contributed by atoms with E-state index >= 15 is 0 Å². The lowest BCUT2D eigenvalue weighted by Crippen LogP contribution is -2.48. The van der Waals surface area contributed by atoms with Crippen LogP contribution in [0.2, 0.25) is 0 Å². The number of allylic oxidation sites excluding steroid dienone is 9. The molecule has 0 aromatic heterocycles. The first-order valence-electron chi connectivity index (χ1n) is 28.6. The van der Waals surface area contributed by atoms with E-state index in [1.165, 1.54) is 218 Å². The van der Waals surface area contributed by atoms with Crippen LogP contribution in [0.25, 0.3) is 0 Å². The van der Waals surface area contributed by atoms with Gasteiger partial charge in [0.2, 0.25) is 5.91 Å². The maximum absolute atomic E-state index is 12.6. The van der Waals surface area contributed by atoms with Crippen LogP contribution in [-0.4, -0.2) is 46.1 Å². The Kier molecular flexibility index (Phi) is 53.0. The van der Waals surface area contributed by atoms with Gasteiger partial charge < -0.3 is 20.6 Å². The van der Waals surface area contributed by atoms with Crippen molar-refractivity contribution in [1.29, 1.82) is 0 Å². The van der Waals surface area contributed by atoms with Gasteiger partial charge in [0.1, 0.15) is 6.10 Å². The van der Waals surface area contributed by atoms with Crippen molar-refractivity contribution in [3.63, 3.8) is 0 Å². The van der Waals surface area contributed by atoms with Gasteiger partial charge in [0, 0.05) is 0 Å². The number of aliphatic hydroxyl groups excluding tert-OH is 3. The van der Waals surface area contributed by atoms with Crippen LogP contribution < -0.4 is 5.32 Å². The molecule has 0 aromatic carbocycles. The van der Waals surface area contributed by atoms with Gasteiger partial charge in [0.15, 0.2) is 0 Å². The fourth-order valence-electron chi connectivity index (χ4n) is 8.60. The average molecular weight is 911 g/mol. The molecule has 0 rings (SSSR count). The molecule has 5 nitrogen and oxygen atoms in total. The van der Waals surface area contributed by atoms with E-state index in [9.17, 15) is 20.1 Å². The number of aliphatic hydroxyl groups is 3. The minimum absolute atomic E-state index is 0.383. The number of rotatable bonds is 52. The fourth-order valence-corrected chi connectivity index (χ4v) is 8.60. The summed E-state index contributed by atoms with van der Waals surface area (Å²) >= 11 is 0. The maximum Gasteiger partial charge on any atom is 0.249 e. The summed E-state index contributed by atoms with van der Waals surface area (Å²) in [5, 5.41) is 33.3. The molecule has 0 aliphatic carbocycles. The van der Waals surface area contributed by atoms with E-state index in [4.69, 9.17) is 0 Å². The number of unbranched alkanes of at least 4 members (excludes halogenated alkanes) is 36. The number of carbonyl (C=O) groups excluding carboxylic acids is 1. The smallest absolute Gasteiger partial charge is 0.249 e. The predicted octanol–water partition coefficient (Wildman–Crippen LogP) is 17.8. The molecule has 0 aliphatic heterocycles. The van der Waals surface area contributed by atoms with E-state index in [-0.39, 0.29) is 6.61 Å². The molecular formula is C60H111NO4. The third kappa shape index (κ3) is 49.8. The standard InChI is InChI=1S/C60H111NO4/c1-3-5-7-9-11-13-15-17-19-21-23-25-27-28-29-30-31-33-35-37-39-41-43-45-47-49-51-53-55-59(64)60(65)61-57(56-62)58(63)54-52-50-48-46-44-42-40-38-36-34-32-26-24-22-20-18-16-14-12-10-8-6-4-2/h23,25,28-29,36,38,44,46,52,54,57-59,62-64H,3-22,24,26-27,30-35,37,39-43,45,47-51,53,55-56H2,1-2H3,(H,61,65)/b25-23-,29-28-,38-36+,46-44+,54-52+. The molecule has 0 aliphatic rings. The van der Waals surface area contributed by atoms with Gasteiger partial charge in [-0.05, 0) is 77.0 Å². The maximum atomic E-state index is 12.6. The van der Waals surface area contributed by atoms with E-state index in [0.29, 0.717) is 6.42 Å². The largest absolute Gasteiger partial charge is 0.394 e. The minimum Gasteiger partial charge on any atom is -0.394 e. The topological polar surface area (TPSA) is 89.8 Å². The first kappa shape index (κ1) is 63.0. The van der Waals surface area contributed by atoms with Crippen molar-refractivity contribution in [2.75, 3.05) is 6.61 Å². The Balaban J connectivity index is 3.65. The Bertz CT molecular complexity index is 1090. The van der Waals surface area contributed by atoms with E-state index in [2.05, 4.69) is 67.8 Å². The molecule has 0 aromatic rings. The molecule has 380 valence electrons. The Morgan fingerprint density at radius 1 is 0.385 bits per heavy atom. The van der Waals surface area contributed by atoms with Crippen LogP contribution in [0.15, 0.2) is 60.8 Å². The first-order chi connectivity index (χ1) is 32.1. The molecule has 3 atom stereocenters. The molecule has 0 saturated carbocycles. The van der Waals surface area contributed by atoms with Gasteiger partial charge in [0.25, 0.3) is 0 Å². The van der Waals surface area contributed by atoms with E-state index < -0.39 is 24.2 Å². The molecule has 0 heterocycles. The number of hydrogen-bond donors (Lipinski definition) is 4. The van der Waals surface area contributed by atoms with Crippen LogP contribution in [0.4, 0.5) is 0 Å². The van der Waals surface area contributed by atoms with E-state index in [0.717, 1.165) is 51.4 Å². The zero-order valence-corrected chi connectivity index (χ0v) is 43.4. The second-order valence-electron chi connectivity index (χ2n) is 19.5. The van der Waals surface area contributed by atoms with Gasteiger partial charge in [-0.3, -0.25) is 4.79 Å². The van der Waals surface area contributed by atoms with Crippen LogP contribution in [0.3, 0.4) is 0 Å². The van der Waals surface area contributed by atoms with Crippen molar-refractivity contribution in [3.8, 4) is 0 Å². The molecule has 5 heteroatoms. The Hall–Kier alpha value is -1.95. The van der Waals surface area contributed by atoms with Crippen LogP contribution >= 0.6 is 0 Å². The van der Waals surface area contributed by atoms with Gasteiger partial charge in [-0.2, -0.15) is 0 Å². The van der Waals surface area contributed by atoms with Crippen molar-refractivity contribution >= 4 is 5.91 Å². The fraction of sp³-hybridized carbons (Fsp3) is 0.817. The lowest BCUT2D eigenvalue weighted by Gasteiger charge is -2.21. The van der Waals surface area contributed by atoms with Crippen LogP contribution in [0.5, 0.6) is 0 Å². The second-order valence-corrected chi connectivity index (χ2v) is 19.5. The van der Waals surface area contributed by atoms with Gasteiger partial charge in [-0.25, -0.2) is 0 Å². The van der Waals surface area contributed by atoms with Gasteiger partial charge in [-0.15, -0.1) is 0 Å². The number of amides is 1. The minimum atomic E-state index is -1.11. The molecule has 0 bridgehead atoms. The molecule has 4 N–H and O–H groups in total. The highest BCUT2D eigenvalue weighted by Crippen LogP contribution is 2.16. The highest BCUT2D eigenvalue weighted by atomic mass is 16.3. The summed E-state index contributed by atoms with van der Waals surface area (Å²) in [6.07, 6.45) is 74.4. The molecule has 0 fully saturated rings. The monoisotopic (exact) mass is 910 g/mol. The molecule has 0 saturated heterocycles. The average Bonchev–Trinajstić information content (AvgIpc) is 3.31. The van der Waals surface area contributed by atoms with E-state index in [1.807, 2.05) is 6.08 Å². The van der Waals surface area contributed by atoms with Gasteiger partial charge in [-0.1, -0.05) is 274 Å². The van der Waals surface area contributed by atoms with Crippen molar-refractivity contribution < 1.29 is 20.1 Å². The zero-order chi connectivity index (χ0) is 47.2. The lowest BCUT2D eigenvalue weighted by atomic mass is 10.0. The van der Waals surface area contributed by atoms with Crippen molar-refractivity contribution in [2.45, 2.75) is 308 Å². The number of carbonyl (C=O) groups is 1. The van der Waals surface area contributed by atoms with Gasteiger partial charge in [0.05, 0.1) is 18.8 Å². The van der Waals surface area contributed by atoms with Crippen LogP contribution in [-0.2, 0) is 4.79 Å². The van der Waals surface area contributed by atoms with E-state index in [1.54, 1.807) is 6.08 Å². The summed E-state index contributed by atoms with van der Waals surface area (Å²) < 4.78 is 0. The van der Waals surface area contributed by atoms with Crippen LogP contribution in [0.1, 0.15) is 290 Å². The van der Waals surface area contributed by atoms with Crippen molar-refractivity contribution in [2.24, 2.45) is 0 Å². The first-order valence-corrected chi connectivity index (χ1v) is 28.6. The summed E-state index contributed by atoms with van der Waals surface area (Å²) in [7, 11) is 0. The van der Waals surface area contributed by atoms with Crippen molar-refractivity contribution in [3.05, 3.63) is 60.8 Å². The molecular weight excluding hydrogens is 799 g/mol. The lowest BCUT2D eigenvalue weighted by molar-refractivity contribution is -0.131. The summed E-state index contributed by atoms with van der Waals surface area (Å²) in [5.74, 6) is -0.517. The molecule has 0 radical (unpaired) electrons. The molecule has 3 unspecified atom stereocenters. The predicted molar refractivity (Wildman–Crippen MR) is 287 cm³/mol. The Labute approximate surface area is 405 Å². The SMILES string of the molecule is CCCCCCCCCCC/C=C\C/C=C\CCCCCCCCCCCCCCC(O)C(=O)NC(CO)C(O)/C=C/CC/C=C/CC/C=C/CCCCCCCCCCCCCCC. The third-order valence-corrected chi connectivity index (χ3v) is 13.1. The van der Waals surface area contributed by atoms with Crippen LogP contribution in [0, 0.1) is 0 Å². The van der Waals surface area contributed by atoms with Crippen molar-refractivity contribution in [1.82, 2.24) is 5.32 Å². The zero-order valence-electron chi connectivity index (χ0n) is 43.4. The number of hydrogen-bond acceptors (Lipinski definition) is 4. The quantitative estimate of drug-likeness (QED) is 0.0362. The summed E-state index contributed by atoms with van der Waals surface area (Å²) in [4.78, 5) is 12.6. The molecule has 0 spiro atoms. The normalized spacial score (nSPS) is 13.7.